The fraction of sp³-hybridized carbons (Fsp3) is 0.875. The fourth-order valence-electron chi connectivity index (χ4n) is 2.04. The summed E-state index contributed by atoms with van der Waals surface area (Å²) >= 11 is 0. The summed E-state index contributed by atoms with van der Waals surface area (Å²) in [4.78, 5) is 0. The minimum atomic E-state index is 0.849. The van der Waals surface area contributed by atoms with Gasteiger partial charge in [-0.1, -0.05) is 71.4 Å². The molecule has 0 aliphatic carbocycles. The highest BCUT2D eigenvalue weighted by molar-refractivity contribution is 4.93. The van der Waals surface area contributed by atoms with Gasteiger partial charge in [-0.2, -0.15) is 0 Å². The standard InChI is InChI=1S/C16H32/c1-5-6-7-8-9-10-13-16(4)14-11-12-15(2)3/h15H,4-14H2,1-3H3. The molecule has 0 aliphatic heterocycles. The molecule has 16 heavy (non-hydrogen) atoms. The first-order chi connectivity index (χ1) is 7.66. The molecule has 0 saturated carbocycles. The van der Waals surface area contributed by atoms with E-state index in [0.29, 0.717) is 0 Å². The van der Waals surface area contributed by atoms with Crippen LogP contribution in [0, 0.1) is 5.92 Å². The molecule has 0 unspecified atom stereocenters. The van der Waals surface area contributed by atoms with Crippen molar-refractivity contribution in [2.45, 2.75) is 85.0 Å². The van der Waals surface area contributed by atoms with E-state index in [1.54, 1.807) is 0 Å². The maximum absolute atomic E-state index is 4.19. The zero-order valence-electron chi connectivity index (χ0n) is 11.9. The van der Waals surface area contributed by atoms with E-state index in [1.807, 2.05) is 0 Å². The Bertz CT molecular complexity index is 155. The highest BCUT2D eigenvalue weighted by Crippen LogP contribution is 2.16. The first kappa shape index (κ1) is 15.7. The summed E-state index contributed by atoms with van der Waals surface area (Å²) in [6.07, 6.45) is 13.6. The van der Waals surface area contributed by atoms with Crippen LogP contribution in [-0.2, 0) is 0 Å². The quantitative estimate of drug-likeness (QED) is 0.293. The van der Waals surface area contributed by atoms with Crippen molar-refractivity contribution in [1.82, 2.24) is 0 Å². The van der Waals surface area contributed by atoms with Crippen LogP contribution in [0.5, 0.6) is 0 Å². The monoisotopic (exact) mass is 224 g/mol. The molecule has 0 spiro atoms. The van der Waals surface area contributed by atoms with Gasteiger partial charge in [-0.25, -0.2) is 0 Å². The molecule has 0 radical (unpaired) electrons. The topological polar surface area (TPSA) is 0 Å². The molecular weight excluding hydrogens is 192 g/mol. The van der Waals surface area contributed by atoms with Gasteiger partial charge in [-0.3, -0.25) is 0 Å². The second kappa shape index (κ2) is 11.2. The maximum Gasteiger partial charge on any atom is -0.0323 e. The lowest BCUT2D eigenvalue weighted by Crippen LogP contribution is -1.89. The molecule has 0 N–H and O–H groups in total. The van der Waals surface area contributed by atoms with E-state index in [0.717, 1.165) is 5.92 Å². The Kier molecular flexibility index (Phi) is 11.0. The second-order valence-electron chi connectivity index (χ2n) is 5.55. The van der Waals surface area contributed by atoms with E-state index in [9.17, 15) is 0 Å². The number of allylic oxidation sites excluding steroid dienone is 1. The molecule has 0 rings (SSSR count). The number of hydrogen-bond donors (Lipinski definition) is 0. The van der Waals surface area contributed by atoms with Gasteiger partial charge in [0.05, 0.1) is 0 Å². The van der Waals surface area contributed by atoms with Crippen LogP contribution in [0.15, 0.2) is 12.2 Å². The summed E-state index contributed by atoms with van der Waals surface area (Å²) in [5, 5.41) is 0. The van der Waals surface area contributed by atoms with Crippen LogP contribution in [0.2, 0.25) is 0 Å². The Morgan fingerprint density at radius 2 is 1.44 bits per heavy atom. The Hall–Kier alpha value is -0.260. The third-order valence-corrected chi connectivity index (χ3v) is 3.20. The number of rotatable bonds is 11. The van der Waals surface area contributed by atoms with Gasteiger partial charge in [0, 0.05) is 0 Å². The average molecular weight is 224 g/mol. The molecule has 0 aliphatic rings. The summed E-state index contributed by atoms with van der Waals surface area (Å²) < 4.78 is 0. The first-order valence-corrected chi connectivity index (χ1v) is 7.33. The average Bonchev–Trinajstić information content (AvgIpc) is 2.22. The normalized spacial score (nSPS) is 11.0. The summed E-state index contributed by atoms with van der Waals surface area (Å²) in [5.41, 5.74) is 1.48. The summed E-state index contributed by atoms with van der Waals surface area (Å²) in [7, 11) is 0. The van der Waals surface area contributed by atoms with Gasteiger partial charge in [0.1, 0.15) is 0 Å². The Balaban J connectivity index is 3.17. The smallest absolute Gasteiger partial charge is 0.0323 e. The van der Waals surface area contributed by atoms with E-state index in [1.165, 1.54) is 69.8 Å². The number of hydrogen-bond acceptors (Lipinski definition) is 0. The molecule has 0 amide bonds. The van der Waals surface area contributed by atoms with E-state index >= 15 is 0 Å². The molecule has 0 nitrogen and oxygen atoms in total. The van der Waals surface area contributed by atoms with Crippen molar-refractivity contribution < 1.29 is 0 Å². The molecule has 0 atom stereocenters. The van der Waals surface area contributed by atoms with Crippen molar-refractivity contribution in [2.75, 3.05) is 0 Å². The van der Waals surface area contributed by atoms with E-state index < -0.39 is 0 Å². The van der Waals surface area contributed by atoms with Gasteiger partial charge in [0.2, 0.25) is 0 Å². The van der Waals surface area contributed by atoms with Crippen molar-refractivity contribution in [1.29, 1.82) is 0 Å². The largest absolute Gasteiger partial charge is 0.0999 e. The van der Waals surface area contributed by atoms with Crippen molar-refractivity contribution in [2.24, 2.45) is 5.92 Å². The summed E-state index contributed by atoms with van der Waals surface area (Å²) in [6.45, 7) is 11.1. The van der Waals surface area contributed by atoms with Gasteiger partial charge in [0.15, 0.2) is 0 Å². The molecular formula is C16H32. The fourth-order valence-corrected chi connectivity index (χ4v) is 2.04. The van der Waals surface area contributed by atoms with Gasteiger partial charge < -0.3 is 0 Å². The maximum atomic E-state index is 4.19. The molecule has 0 heterocycles. The predicted molar refractivity (Wildman–Crippen MR) is 75.8 cm³/mol. The van der Waals surface area contributed by atoms with Crippen molar-refractivity contribution in [3.8, 4) is 0 Å². The Morgan fingerprint density at radius 1 is 0.875 bits per heavy atom. The molecule has 0 saturated heterocycles. The number of unbranched alkanes of at least 4 members (excludes halogenated alkanes) is 5. The van der Waals surface area contributed by atoms with Gasteiger partial charge in [0.25, 0.3) is 0 Å². The molecule has 0 bridgehead atoms. The van der Waals surface area contributed by atoms with E-state index in [4.69, 9.17) is 0 Å². The zero-order valence-corrected chi connectivity index (χ0v) is 11.9. The molecule has 0 fully saturated rings. The highest BCUT2D eigenvalue weighted by atomic mass is 14.0. The van der Waals surface area contributed by atoms with Crippen LogP contribution in [0.1, 0.15) is 85.0 Å². The summed E-state index contributed by atoms with van der Waals surface area (Å²) in [6, 6.07) is 0. The lowest BCUT2D eigenvalue weighted by molar-refractivity contribution is 0.545. The Labute approximate surface area is 104 Å². The van der Waals surface area contributed by atoms with E-state index in [-0.39, 0.29) is 0 Å². The van der Waals surface area contributed by atoms with Crippen LogP contribution >= 0.6 is 0 Å². The van der Waals surface area contributed by atoms with E-state index in [2.05, 4.69) is 27.4 Å². The minimum Gasteiger partial charge on any atom is -0.0999 e. The predicted octanol–water partition coefficient (Wildman–Crippen LogP) is 6.12. The van der Waals surface area contributed by atoms with Crippen LogP contribution in [0.4, 0.5) is 0 Å². The van der Waals surface area contributed by atoms with Crippen molar-refractivity contribution in [3.63, 3.8) is 0 Å². The van der Waals surface area contributed by atoms with Crippen molar-refractivity contribution >= 4 is 0 Å². The lowest BCUT2D eigenvalue weighted by atomic mass is 9.99. The molecule has 0 aromatic carbocycles. The second-order valence-corrected chi connectivity index (χ2v) is 5.55. The van der Waals surface area contributed by atoms with Crippen LogP contribution in [-0.4, -0.2) is 0 Å². The SMILES string of the molecule is C=C(CCCCCCCC)CCCC(C)C. The zero-order chi connectivity index (χ0) is 12.2. The van der Waals surface area contributed by atoms with Gasteiger partial charge >= 0.3 is 0 Å². The first-order valence-electron chi connectivity index (χ1n) is 7.33. The van der Waals surface area contributed by atoms with Crippen LogP contribution in [0.25, 0.3) is 0 Å². The Morgan fingerprint density at radius 3 is 2.06 bits per heavy atom. The molecule has 0 aromatic heterocycles. The third kappa shape index (κ3) is 11.8. The lowest BCUT2D eigenvalue weighted by Gasteiger charge is -2.07. The molecule has 0 heteroatoms. The van der Waals surface area contributed by atoms with Crippen LogP contribution in [0.3, 0.4) is 0 Å². The third-order valence-electron chi connectivity index (χ3n) is 3.20. The van der Waals surface area contributed by atoms with Gasteiger partial charge in [-0.05, 0) is 31.6 Å². The summed E-state index contributed by atoms with van der Waals surface area (Å²) in [5.74, 6) is 0.849. The minimum absolute atomic E-state index is 0.849. The highest BCUT2D eigenvalue weighted by Gasteiger charge is 1.98. The molecule has 0 aromatic rings. The van der Waals surface area contributed by atoms with Gasteiger partial charge in [-0.15, -0.1) is 0 Å². The van der Waals surface area contributed by atoms with Crippen molar-refractivity contribution in [3.05, 3.63) is 12.2 Å². The molecule has 96 valence electrons. The van der Waals surface area contributed by atoms with Crippen LogP contribution < -0.4 is 0 Å².